The van der Waals surface area contributed by atoms with Gasteiger partial charge in [0, 0.05) is 25.4 Å². The highest BCUT2D eigenvalue weighted by atomic mass is 32.2. The van der Waals surface area contributed by atoms with Gasteiger partial charge in [0.1, 0.15) is 0 Å². The summed E-state index contributed by atoms with van der Waals surface area (Å²) in [6.07, 6.45) is 5.86. The summed E-state index contributed by atoms with van der Waals surface area (Å²) in [5, 5.41) is 8.50. The Labute approximate surface area is 144 Å². The van der Waals surface area contributed by atoms with Crippen molar-refractivity contribution in [1.82, 2.24) is 0 Å². The number of esters is 1. The van der Waals surface area contributed by atoms with Crippen molar-refractivity contribution in [2.75, 3.05) is 25.6 Å². The monoisotopic (exact) mass is 343 g/mol. The van der Waals surface area contributed by atoms with Gasteiger partial charge in [-0.2, -0.15) is 5.26 Å². The van der Waals surface area contributed by atoms with E-state index in [4.69, 9.17) is 19.5 Å². The Morgan fingerprint density at radius 2 is 1.83 bits per heavy atom. The van der Waals surface area contributed by atoms with Crippen molar-refractivity contribution in [3.63, 3.8) is 0 Å². The molecule has 0 spiro atoms. The van der Waals surface area contributed by atoms with Crippen molar-refractivity contribution >= 4 is 17.7 Å². The molecule has 132 valence electrons. The van der Waals surface area contributed by atoms with E-state index in [2.05, 4.69) is 6.07 Å². The molecular weight excluding hydrogens is 314 g/mol. The van der Waals surface area contributed by atoms with E-state index in [0.29, 0.717) is 36.9 Å². The first-order valence-electron chi connectivity index (χ1n) is 8.29. The lowest BCUT2D eigenvalue weighted by Gasteiger charge is -2.17. The van der Waals surface area contributed by atoms with Crippen LogP contribution in [0.2, 0.25) is 0 Å². The molecule has 0 fully saturated rings. The second kappa shape index (κ2) is 15.9. The molecule has 0 aliphatic heterocycles. The lowest BCUT2D eigenvalue weighted by Crippen LogP contribution is -2.21. The quantitative estimate of drug-likeness (QED) is 0.205. The fourth-order valence-corrected chi connectivity index (χ4v) is 2.76. The van der Waals surface area contributed by atoms with Gasteiger partial charge in [-0.25, -0.2) is 4.79 Å². The number of allylic oxidation sites excluding steroid dienone is 1. The van der Waals surface area contributed by atoms with Gasteiger partial charge in [0.15, 0.2) is 6.29 Å². The van der Waals surface area contributed by atoms with Crippen molar-refractivity contribution < 1.29 is 19.0 Å². The summed E-state index contributed by atoms with van der Waals surface area (Å²) in [6, 6.07) is 2.14. The maximum absolute atomic E-state index is 12.0. The highest BCUT2D eigenvalue weighted by molar-refractivity contribution is 8.04. The Hall–Kier alpha value is -1.03. The van der Waals surface area contributed by atoms with Gasteiger partial charge in [-0.3, -0.25) is 0 Å². The average Bonchev–Trinajstić information content (AvgIpc) is 2.53. The number of ether oxygens (including phenoxy) is 3. The van der Waals surface area contributed by atoms with E-state index in [9.17, 15) is 4.79 Å². The number of carbonyl (C=O) groups is 1. The Kier molecular flexibility index (Phi) is 15.1. The van der Waals surface area contributed by atoms with Crippen LogP contribution >= 0.6 is 11.8 Å². The van der Waals surface area contributed by atoms with E-state index in [1.54, 1.807) is 6.92 Å². The summed E-state index contributed by atoms with van der Waals surface area (Å²) >= 11 is 1.41. The molecule has 0 amide bonds. The molecule has 0 aromatic rings. The second-order valence-corrected chi connectivity index (χ2v) is 5.76. The molecular formula is C17H29NO4S. The third-order valence-electron chi connectivity index (χ3n) is 2.88. The van der Waals surface area contributed by atoms with E-state index >= 15 is 0 Å². The highest BCUT2D eigenvalue weighted by Crippen LogP contribution is 2.21. The van der Waals surface area contributed by atoms with E-state index in [0.717, 1.165) is 25.7 Å². The maximum atomic E-state index is 12.0. The lowest BCUT2D eigenvalue weighted by molar-refractivity contribution is -0.137. The van der Waals surface area contributed by atoms with Crippen molar-refractivity contribution in [1.29, 1.82) is 5.26 Å². The summed E-state index contributed by atoms with van der Waals surface area (Å²) < 4.78 is 16.1. The summed E-state index contributed by atoms with van der Waals surface area (Å²) in [7, 11) is 0. The minimum atomic E-state index is -0.316. The second-order valence-electron chi connectivity index (χ2n) is 4.70. The largest absolute Gasteiger partial charge is 0.462 e. The Morgan fingerprint density at radius 1 is 1.13 bits per heavy atom. The standard InChI is InChI=1S/C17H29NO4S/c1-4-20-16(21-5-2)14-23-15(17(19)22-6-3)12-10-8-7-9-11-13-18/h12,16H,4-11,14H2,1-3H3. The third-order valence-corrected chi connectivity index (χ3v) is 3.96. The molecule has 0 aliphatic rings. The first kappa shape index (κ1) is 22.0. The van der Waals surface area contributed by atoms with E-state index < -0.39 is 0 Å². The number of nitrogens with zero attached hydrogens (tertiary/aromatic N) is 1. The van der Waals surface area contributed by atoms with Crippen LogP contribution in [0.15, 0.2) is 11.0 Å². The van der Waals surface area contributed by atoms with E-state index in [1.807, 2.05) is 19.9 Å². The van der Waals surface area contributed by atoms with Gasteiger partial charge in [-0.05, 0) is 40.0 Å². The fraction of sp³-hybridized carbons (Fsp3) is 0.765. The first-order valence-corrected chi connectivity index (χ1v) is 9.28. The minimum Gasteiger partial charge on any atom is -0.462 e. The van der Waals surface area contributed by atoms with Crippen LogP contribution in [0.4, 0.5) is 0 Å². The Morgan fingerprint density at radius 3 is 2.39 bits per heavy atom. The molecule has 0 unspecified atom stereocenters. The third kappa shape index (κ3) is 12.1. The smallest absolute Gasteiger partial charge is 0.344 e. The number of hydrogen-bond donors (Lipinski definition) is 0. The molecule has 0 N–H and O–H groups in total. The van der Waals surface area contributed by atoms with Crippen molar-refractivity contribution in [2.45, 2.75) is 59.2 Å². The normalized spacial score (nSPS) is 11.5. The Bertz CT molecular complexity index is 373. The fourth-order valence-electron chi connectivity index (χ4n) is 1.84. The van der Waals surface area contributed by atoms with Gasteiger partial charge >= 0.3 is 5.97 Å². The van der Waals surface area contributed by atoms with Crippen molar-refractivity contribution in [3.8, 4) is 6.07 Å². The molecule has 0 saturated heterocycles. The highest BCUT2D eigenvalue weighted by Gasteiger charge is 2.15. The molecule has 0 saturated carbocycles. The molecule has 5 nitrogen and oxygen atoms in total. The molecule has 6 heteroatoms. The van der Waals surface area contributed by atoms with Crippen LogP contribution in [0.1, 0.15) is 52.9 Å². The topological polar surface area (TPSA) is 68.6 Å². The lowest BCUT2D eigenvalue weighted by atomic mass is 10.1. The summed E-state index contributed by atoms with van der Waals surface area (Å²) in [4.78, 5) is 12.6. The SMILES string of the molecule is CCOC(=O)C(=CCCCCCC#N)SCC(OCC)OCC. The molecule has 0 aliphatic carbocycles. The van der Waals surface area contributed by atoms with Crippen LogP contribution in [0.3, 0.4) is 0 Å². The molecule has 0 bridgehead atoms. The maximum Gasteiger partial charge on any atom is 0.344 e. The van der Waals surface area contributed by atoms with Gasteiger partial charge in [-0.15, -0.1) is 11.8 Å². The first-order chi connectivity index (χ1) is 11.2. The summed E-state index contributed by atoms with van der Waals surface area (Å²) in [5.74, 6) is 0.266. The number of hydrogen-bond acceptors (Lipinski definition) is 6. The number of rotatable bonds is 14. The Balaban J connectivity index is 4.43. The van der Waals surface area contributed by atoms with Gasteiger partial charge in [0.05, 0.1) is 17.6 Å². The van der Waals surface area contributed by atoms with Crippen LogP contribution in [0.25, 0.3) is 0 Å². The van der Waals surface area contributed by atoms with Crippen LogP contribution in [-0.2, 0) is 19.0 Å². The van der Waals surface area contributed by atoms with Gasteiger partial charge in [0.25, 0.3) is 0 Å². The zero-order valence-corrected chi connectivity index (χ0v) is 15.3. The van der Waals surface area contributed by atoms with Gasteiger partial charge in [-0.1, -0.05) is 12.5 Å². The number of nitriles is 1. The molecule has 0 atom stereocenters. The summed E-state index contributed by atoms with van der Waals surface area (Å²) in [6.45, 7) is 7.13. The number of unbranched alkanes of at least 4 members (excludes halogenated alkanes) is 4. The van der Waals surface area contributed by atoms with Crippen LogP contribution in [-0.4, -0.2) is 37.8 Å². The van der Waals surface area contributed by atoms with Crippen LogP contribution in [0.5, 0.6) is 0 Å². The molecule has 0 aromatic carbocycles. The van der Waals surface area contributed by atoms with Crippen molar-refractivity contribution in [3.05, 3.63) is 11.0 Å². The van der Waals surface area contributed by atoms with Gasteiger partial charge in [0.2, 0.25) is 0 Å². The van der Waals surface area contributed by atoms with Crippen LogP contribution in [0, 0.1) is 11.3 Å². The predicted octanol–water partition coefficient (Wildman–Crippen LogP) is 4.04. The van der Waals surface area contributed by atoms with E-state index in [1.165, 1.54) is 11.8 Å². The molecule has 23 heavy (non-hydrogen) atoms. The zero-order chi connectivity index (χ0) is 17.3. The zero-order valence-electron chi connectivity index (χ0n) is 14.5. The van der Waals surface area contributed by atoms with Crippen LogP contribution < -0.4 is 0 Å². The molecule has 0 radical (unpaired) electrons. The molecule has 0 heterocycles. The molecule has 0 aromatic heterocycles. The number of thioether (sulfide) groups is 1. The predicted molar refractivity (Wildman–Crippen MR) is 92.9 cm³/mol. The van der Waals surface area contributed by atoms with Gasteiger partial charge < -0.3 is 14.2 Å². The number of carbonyl (C=O) groups excluding carboxylic acids is 1. The molecule has 0 rings (SSSR count). The van der Waals surface area contributed by atoms with Crippen molar-refractivity contribution in [2.24, 2.45) is 0 Å². The average molecular weight is 343 g/mol. The minimum absolute atomic E-state index is 0.290. The summed E-state index contributed by atoms with van der Waals surface area (Å²) in [5.41, 5.74) is 0. The van der Waals surface area contributed by atoms with E-state index in [-0.39, 0.29) is 12.3 Å².